The second-order valence-corrected chi connectivity index (χ2v) is 9.41. The van der Waals surface area contributed by atoms with E-state index in [9.17, 15) is 24.6 Å². The van der Waals surface area contributed by atoms with Crippen LogP contribution >= 0.6 is 0 Å². The predicted octanol–water partition coefficient (Wildman–Crippen LogP) is 1.50. The lowest BCUT2D eigenvalue weighted by molar-refractivity contribution is -0.338. The van der Waals surface area contributed by atoms with Gasteiger partial charge in [0, 0.05) is 18.8 Å². The molecule has 0 aromatic carbocycles. The van der Waals surface area contributed by atoms with E-state index >= 15 is 0 Å². The third-order valence-corrected chi connectivity index (χ3v) is 7.89. The topological polar surface area (TPSA) is 119 Å². The summed E-state index contributed by atoms with van der Waals surface area (Å²) in [6.07, 6.45) is -0.449. The number of aliphatic hydroxyl groups is 2. The molecule has 8 nitrogen and oxygen atoms in total. The molecular formula is C21H32O8. The third-order valence-electron chi connectivity index (χ3n) is 7.89. The molecule has 2 aliphatic carbocycles. The van der Waals surface area contributed by atoms with Gasteiger partial charge in [0.25, 0.3) is 0 Å². The van der Waals surface area contributed by atoms with Gasteiger partial charge in [0.05, 0.1) is 11.8 Å². The van der Waals surface area contributed by atoms with Gasteiger partial charge in [-0.2, -0.15) is 0 Å². The molecule has 8 heteroatoms. The lowest BCUT2D eigenvalue weighted by atomic mass is 9.44. The van der Waals surface area contributed by atoms with Crippen molar-refractivity contribution in [3.8, 4) is 0 Å². The average molecular weight is 412 g/mol. The van der Waals surface area contributed by atoms with E-state index in [-0.39, 0.29) is 31.8 Å². The molecule has 1 spiro atoms. The first-order valence-corrected chi connectivity index (χ1v) is 10.3. The maximum Gasteiger partial charge on any atom is 0.306 e. The highest BCUT2D eigenvalue weighted by molar-refractivity contribution is 5.73. The minimum absolute atomic E-state index is 0.0481. The van der Waals surface area contributed by atoms with Gasteiger partial charge < -0.3 is 24.4 Å². The molecule has 164 valence electrons. The number of hydrogen-bond acceptors (Lipinski definition) is 8. The predicted molar refractivity (Wildman–Crippen MR) is 100 cm³/mol. The van der Waals surface area contributed by atoms with Crippen LogP contribution in [0.15, 0.2) is 0 Å². The molecule has 3 fully saturated rings. The van der Waals surface area contributed by atoms with E-state index in [2.05, 4.69) is 0 Å². The number of carbonyl (C=O) groups is 3. The van der Waals surface area contributed by atoms with Gasteiger partial charge in [0.15, 0.2) is 0 Å². The van der Waals surface area contributed by atoms with E-state index in [0.29, 0.717) is 12.8 Å². The molecule has 29 heavy (non-hydrogen) atoms. The Kier molecular flexibility index (Phi) is 5.27. The van der Waals surface area contributed by atoms with Gasteiger partial charge in [-0.05, 0) is 32.1 Å². The van der Waals surface area contributed by atoms with E-state index in [1.54, 1.807) is 6.92 Å². The minimum Gasteiger partial charge on any atom is -0.465 e. The standard InChI is InChI=1S/C21H32O8/c1-6-7-16(23)27-11-18(4)19(5,25)15-9-20(10-17(24)29-15)12(2)8-14(21(18,20)26)28-13(3)22/h12,14-15,25-26H,6-11H2,1-5H3/t12-,14+,15-,18-,19+,20-,21+/m1/s1. The van der Waals surface area contributed by atoms with Gasteiger partial charge in [0.2, 0.25) is 0 Å². The Morgan fingerprint density at radius 3 is 2.52 bits per heavy atom. The van der Waals surface area contributed by atoms with Crippen LogP contribution in [0.3, 0.4) is 0 Å². The molecule has 0 aromatic heterocycles. The van der Waals surface area contributed by atoms with Gasteiger partial charge in [-0.3, -0.25) is 14.4 Å². The molecule has 7 atom stereocenters. The van der Waals surface area contributed by atoms with Crippen molar-refractivity contribution in [2.45, 2.75) is 90.1 Å². The van der Waals surface area contributed by atoms with Crippen molar-refractivity contribution in [3.05, 3.63) is 0 Å². The van der Waals surface area contributed by atoms with Gasteiger partial charge >= 0.3 is 17.9 Å². The molecule has 3 aliphatic rings. The third kappa shape index (κ3) is 2.82. The Morgan fingerprint density at radius 2 is 1.93 bits per heavy atom. The first-order chi connectivity index (χ1) is 13.4. The molecule has 0 radical (unpaired) electrons. The summed E-state index contributed by atoms with van der Waals surface area (Å²) in [6.45, 7) is 7.85. The van der Waals surface area contributed by atoms with E-state index in [4.69, 9.17) is 14.2 Å². The SMILES string of the molecule is CCCC(=O)OC[C@@]1(C)[C@@]2(O)[C@@H](OC(C)=O)C[C@@H](C)[C@@]23CC(=O)O[C@H](C3)[C@]1(C)O. The molecule has 2 bridgehead atoms. The van der Waals surface area contributed by atoms with Crippen LogP contribution in [0, 0.1) is 16.7 Å². The molecule has 0 unspecified atom stereocenters. The molecule has 2 saturated carbocycles. The fourth-order valence-electron chi connectivity index (χ4n) is 6.03. The maximum absolute atomic E-state index is 12.4. The largest absolute Gasteiger partial charge is 0.465 e. The number of hydrogen-bond donors (Lipinski definition) is 2. The normalized spacial score (nSPS) is 45.9. The summed E-state index contributed by atoms with van der Waals surface area (Å²) in [5, 5.41) is 23.8. The van der Waals surface area contributed by atoms with Crippen molar-refractivity contribution in [3.63, 3.8) is 0 Å². The lowest BCUT2D eigenvalue weighted by Crippen LogP contribution is -2.79. The minimum atomic E-state index is -1.78. The fraction of sp³-hybridized carbons (Fsp3) is 0.857. The molecule has 1 aliphatic heterocycles. The van der Waals surface area contributed by atoms with Gasteiger partial charge in [-0.15, -0.1) is 0 Å². The van der Waals surface area contributed by atoms with Gasteiger partial charge in [0.1, 0.15) is 30.0 Å². The zero-order valence-electron chi connectivity index (χ0n) is 17.8. The van der Waals surface area contributed by atoms with Crippen LogP contribution < -0.4 is 0 Å². The summed E-state index contributed by atoms with van der Waals surface area (Å²) in [5.74, 6) is -1.67. The zero-order valence-corrected chi connectivity index (χ0v) is 17.8. The molecular weight excluding hydrogens is 380 g/mol. The zero-order chi connectivity index (χ0) is 21.8. The van der Waals surface area contributed by atoms with Crippen LogP contribution in [0.4, 0.5) is 0 Å². The summed E-state index contributed by atoms with van der Waals surface area (Å²) in [5.41, 5.74) is -5.88. The van der Waals surface area contributed by atoms with Crippen LogP contribution in [-0.4, -0.2) is 58.1 Å². The number of fused-ring (bicyclic) bond motifs is 1. The summed E-state index contributed by atoms with van der Waals surface area (Å²) in [6, 6.07) is 0. The quantitative estimate of drug-likeness (QED) is 0.515. The number of carbonyl (C=O) groups excluding carboxylic acids is 3. The van der Waals surface area contributed by atoms with Crippen molar-refractivity contribution in [1.82, 2.24) is 0 Å². The molecule has 2 N–H and O–H groups in total. The van der Waals surface area contributed by atoms with Crippen molar-refractivity contribution < 1.29 is 38.8 Å². The Balaban J connectivity index is 2.14. The van der Waals surface area contributed by atoms with E-state index in [0.717, 1.165) is 0 Å². The van der Waals surface area contributed by atoms with E-state index in [1.807, 2.05) is 13.8 Å². The summed E-state index contributed by atoms with van der Waals surface area (Å²) < 4.78 is 16.5. The monoisotopic (exact) mass is 412 g/mol. The van der Waals surface area contributed by atoms with Crippen molar-refractivity contribution in [2.24, 2.45) is 16.7 Å². The van der Waals surface area contributed by atoms with Gasteiger partial charge in [-0.1, -0.05) is 20.8 Å². The molecule has 3 rings (SSSR count). The number of rotatable bonds is 5. The Morgan fingerprint density at radius 1 is 1.28 bits per heavy atom. The molecule has 1 saturated heterocycles. The number of esters is 3. The maximum atomic E-state index is 12.4. The van der Waals surface area contributed by atoms with Crippen LogP contribution in [0.25, 0.3) is 0 Å². The highest BCUT2D eigenvalue weighted by atomic mass is 16.6. The molecule has 0 aromatic rings. The summed E-state index contributed by atoms with van der Waals surface area (Å²) in [4.78, 5) is 36.4. The fourth-order valence-corrected chi connectivity index (χ4v) is 6.03. The second-order valence-electron chi connectivity index (χ2n) is 9.41. The smallest absolute Gasteiger partial charge is 0.306 e. The van der Waals surface area contributed by atoms with Crippen molar-refractivity contribution >= 4 is 17.9 Å². The van der Waals surface area contributed by atoms with E-state index in [1.165, 1.54) is 13.8 Å². The van der Waals surface area contributed by atoms with Crippen LogP contribution in [-0.2, 0) is 28.6 Å². The molecule has 1 heterocycles. The van der Waals surface area contributed by atoms with Crippen LogP contribution in [0.2, 0.25) is 0 Å². The van der Waals surface area contributed by atoms with E-state index < -0.39 is 52.1 Å². The first kappa shape index (κ1) is 22.0. The Bertz CT molecular complexity index is 717. The summed E-state index contributed by atoms with van der Waals surface area (Å²) in [7, 11) is 0. The first-order valence-electron chi connectivity index (χ1n) is 10.3. The van der Waals surface area contributed by atoms with Crippen molar-refractivity contribution in [1.29, 1.82) is 0 Å². The number of ether oxygens (including phenoxy) is 3. The molecule has 0 amide bonds. The lowest BCUT2D eigenvalue weighted by Gasteiger charge is -2.66. The second kappa shape index (κ2) is 6.94. The highest BCUT2D eigenvalue weighted by Crippen LogP contribution is 2.70. The van der Waals surface area contributed by atoms with Gasteiger partial charge in [-0.25, -0.2) is 0 Å². The van der Waals surface area contributed by atoms with Crippen LogP contribution in [0.1, 0.15) is 66.7 Å². The Hall–Kier alpha value is -1.67. The highest BCUT2D eigenvalue weighted by Gasteiger charge is 2.81. The Labute approximate surface area is 170 Å². The summed E-state index contributed by atoms with van der Waals surface area (Å²) >= 11 is 0. The van der Waals surface area contributed by atoms with Crippen LogP contribution in [0.5, 0.6) is 0 Å². The average Bonchev–Trinajstić information content (AvgIpc) is 2.80. The van der Waals surface area contributed by atoms with Crippen molar-refractivity contribution in [2.75, 3.05) is 6.61 Å².